The zero-order valence-electron chi connectivity index (χ0n) is 5.70. The Morgan fingerprint density at radius 1 is 0.900 bits per heavy atom. The molecule has 1 nitrogen and oxygen atoms in total. The summed E-state index contributed by atoms with van der Waals surface area (Å²) in [4.78, 5) is 0. The zero-order chi connectivity index (χ0) is 7.66. The van der Waals surface area contributed by atoms with E-state index >= 15 is 0 Å². The van der Waals surface area contributed by atoms with E-state index in [1.165, 1.54) is 0 Å². The van der Waals surface area contributed by atoms with Crippen LogP contribution in [0.15, 0.2) is 36.4 Å². The van der Waals surface area contributed by atoms with Crippen LogP contribution in [0.1, 0.15) is 0 Å². The van der Waals surface area contributed by atoms with Crippen LogP contribution in [0.4, 0.5) is 0 Å². The highest BCUT2D eigenvalue weighted by Crippen LogP contribution is 1.79. The van der Waals surface area contributed by atoms with Crippen molar-refractivity contribution in [2.75, 3.05) is 11.0 Å². The fourth-order valence-electron chi connectivity index (χ4n) is 0.385. The lowest BCUT2D eigenvalue weighted by Crippen LogP contribution is -1.75. The van der Waals surface area contributed by atoms with Gasteiger partial charge in [0.15, 0.2) is 0 Å². The molecule has 0 atom stereocenters. The van der Waals surface area contributed by atoms with E-state index in [4.69, 9.17) is 5.11 Å². The highest BCUT2D eigenvalue weighted by molar-refractivity contribution is 14.1. The Morgan fingerprint density at radius 2 is 1.10 bits per heavy atom. The molecule has 0 heterocycles. The lowest BCUT2D eigenvalue weighted by atomic mass is 10.4. The van der Waals surface area contributed by atoms with E-state index in [2.05, 4.69) is 22.6 Å². The third-order valence-corrected chi connectivity index (χ3v) is 1.23. The molecule has 1 aromatic rings. The Balaban J connectivity index is 0.000000180. The van der Waals surface area contributed by atoms with Gasteiger partial charge >= 0.3 is 0 Å². The van der Waals surface area contributed by atoms with Gasteiger partial charge in [-0.25, -0.2) is 0 Å². The molecule has 0 bridgehead atoms. The van der Waals surface area contributed by atoms with Gasteiger partial charge in [-0.2, -0.15) is 0 Å². The van der Waals surface area contributed by atoms with E-state index in [-0.39, 0.29) is 0 Å². The summed E-state index contributed by atoms with van der Waals surface area (Å²) in [5.41, 5.74) is 0. The first-order valence-corrected chi connectivity index (χ1v) is 4.61. The molecule has 0 aliphatic carbocycles. The van der Waals surface area contributed by atoms with Crippen molar-refractivity contribution in [1.82, 2.24) is 0 Å². The smallest absolute Gasteiger partial charge is 0.0520 e. The fraction of sp³-hybridized carbons (Fsp3) is 0.250. The Hall–Kier alpha value is -0.0900. The zero-order valence-corrected chi connectivity index (χ0v) is 7.86. The van der Waals surface area contributed by atoms with E-state index in [0.29, 0.717) is 6.61 Å². The van der Waals surface area contributed by atoms with Crippen LogP contribution in [-0.4, -0.2) is 16.1 Å². The number of rotatable bonds is 1. The minimum absolute atomic E-state index is 0.306. The van der Waals surface area contributed by atoms with Crippen molar-refractivity contribution in [2.45, 2.75) is 0 Å². The Kier molecular flexibility index (Phi) is 8.83. The number of alkyl halides is 1. The van der Waals surface area contributed by atoms with Gasteiger partial charge in [0.25, 0.3) is 0 Å². The summed E-state index contributed by atoms with van der Waals surface area (Å²) in [5, 5.41) is 7.87. The maximum Gasteiger partial charge on any atom is 0.0520 e. The first-order chi connectivity index (χ1) is 4.91. The maximum absolute atomic E-state index is 7.87. The molecular formula is C8H11IO. The van der Waals surface area contributed by atoms with Gasteiger partial charge in [-0.3, -0.25) is 0 Å². The summed E-state index contributed by atoms with van der Waals surface area (Å²) in [6, 6.07) is 12.0. The van der Waals surface area contributed by atoms with Crippen LogP contribution in [0.3, 0.4) is 0 Å². The summed E-state index contributed by atoms with van der Waals surface area (Å²) in [5.74, 6) is 0. The molecule has 56 valence electrons. The molecule has 2 heteroatoms. The Labute approximate surface area is 75.2 Å². The van der Waals surface area contributed by atoms with E-state index < -0.39 is 0 Å². The van der Waals surface area contributed by atoms with Gasteiger partial charge in [0.2, 0.25) is 0 Å². The molecule has 0 saturated carbocycles. The summed E-state index contributed by atoms with van der Waals surface area (Å²) in [7, 11) is 0. The molecule has 0 spiro atoms. The first kappa shape index (κ1) is 9.91. The van der Waals surface area contributed by atoms with Crippen molar-refractivity contribution in [3.05, 3.63) is 36.4 Å². The summed E-state index contributed by atoms with van der Waals surface area (Å²) < 4.78 is 0.845. The number of hydrogen-bond acceptors (Lipinski definition) is 1. The fourth-order valence-corrected chi connectivity index (χ4v) is 0.385. The van der Waals surface area contributed by atoms with Gasteiger partial charge < -0.3 is 5.11 Å². The molecule has 10 heavy (non-hydrogen) atoms. The first-order valence-electron chi connectivity index (χ1n) is 3.08. The number of aliphatic hydroxyl groups is 1. The monoisotopic (exact) mass is 250 g/mol. The summed E-state index contributed by atoms with van der Waals surface area (Å²) >= 11 is 2.10. The number of hydrogen-bond donors (Lipinski definition) is 1. The van der Waals surface area contributed by atoms with Gasteiger partial charge in [0.05, 0.1) is 6.61 Å². The maximum atomic E-state index is 7.87. The van der Waals surface area contributed by atoms with Gasteiger partial charge in [0, 0.05) is 4.43 Å². The van der Waals surface area contributed by atoms with Crippen molar-refractivity contribution in [1.29, 1.82) is 0 Å². The summed E-state index contributed by atoms with van der Waals surface area (Å²) in [6.07, 6.45) is 0. The van der Waals surface area contributed by atoms with E-state index in [1.807, 2.05) is 36.4 Å². The van der Waals surface area contributed by atoms with Gasteiger partial charge in [-0.05, 0) is 0 Å². The number of halogens is 1. The largest absolute Gasteiger partial charge is 0.396 e. The van der Waals surface area contributed by atoms with E-state index in [1.54, 1.807) is 0 Å². The second-order valence-corrected chi connectivity index (χ2v) is 2.65. The highest BCUT2D eigenvalue weighted by atomic mass is 127. The molecule has 0 fully saturated rings. The normalized spacial score (nSPS) is 7.80. The molecule has 0 aromatic heterocycles. The SMILES string of the molecule is OCCI.c1ccccc1. The quantitative estimate of drug-likeness (QED) is 0.597. The van der Waals surface area contributed by atoms with Crippen LogP contribution in [0, 0.1) is 0 Å². The molecular weight excluding hydrogens is 239 g/mol. The predicted octanol–water partition coefficient (Wildman–Crippen LogP) is 2.10. The predicted molar refractivity (Wildman–Crippen MR) is 52.4 cm³/mol. The van der Waals surface area contributed by atoms with Crippen molar-refractivity contribution in [3.8, 4) is 0 Å². The lowest BCUT2D eigenvalue weighted by molar-refractivity contribution is 0.325. The van der Waals surface area contributed by atoms with E-state index in [9.17, 15) is 0 Å². The van der Waals surface area contributed by atoms with Crippen LogP contribution < -0.4 is 0 Å². The average Bonchev–Trinajstić information content (AvgIpc) is 2.08. The number of aliphatic hydroxyl groups excluding tert-OH is 1. The van der Waals surface area contributed by atoms with Gasteiger partial charge in [-0.1, -0.05) is 59.0 Å². The van der Waals surface area contributed by atoms with Crippen LogP contribution in [0.25, 0.3) is 0 Å². The average molecular weight is 250 g/mol. The second kappa shape index (κ2) is 8.91. The van der Waals surface area contributed by atoms with Gasteiger partial charge in [-0.15, -0.1) is 0 Å². The van der Waals surface area contributed by atoms with Crippen LogP contribution in [0.5, 0.6) is 0 Å². The van der Waals surface area contributed by atoms with Gasteiger partial charge in [0.1, 0.15) is 0 Å². The third-order valence-electron chi connectivity index (χ3n) is 0.751. The van der Waals surface area contributed by atoms with Crippen molar-refractivity contribution in [3.63, 3.8) is 0 Å². The standard InChI is InChI=1S/C6H6.C2H5IO/c1-2-4-6-5-3-1;3-1-2-4/h1-6H;4H,1-2H2. The topological polar surface area (TPSA) is 20.2 Å². The molecule has 0 amide bonds. The Bertz CT molecular complexity index is 101. The highest BCUT2D eigenvalue weighted by Gasteiger charge is 1.59. The molecule has 1 aromatic carbocycles. The molecule has 0 unspecified atom stereocenters. The van der Waals surface area contributed by atoms with Crippen molar-refractivity contribution < 1.29 is 5.11 Å². The minimum Gasteiger partial charge on any atom is -0.396 e. The van der Waals surface area contributed by atoms with Crippen molar-refractivity contribution >= 4 is 22.6 Å². The van der Waals surface area contributed by atoms with Crippen molar-refractivity contribution in [2.24, 2.45) is 0 Å². The second-order valence-electron chi connectivity index (χ2n) is 1.57. The molecule has 0 aliphatic rings. The van der Waals surface area contributed by atoms with Crippen LogP contribution >= 0.6 is 22.6 Å². The van der Waals surface area contributed by atoms with E-state index in [0.717, 1.165) is 4.43 Å². The third kappa shape index (κ3) is 7.91. The minimum atomic E-state index is 0.306. The lowest BCUT2D eigenvalue weighted by Gasteiger charge is -1.69. The van der Waals surface area contributed by atoms with Crippen LogP contribution in [-0.2, 0) is 0 Å². The molecule has 1 N–H and O–H groups in total. The molecule has 0 aliphatic heterocycles. The molecule has 0 saturated heterocycles. The Morgan fingerprint density at radius 3 is 1.20 bits per heavy atom. The molecule has 0 radical (unpaired) electrons. The molecule has 1 rings (SSSR count). The van der Waals surface area contributed by atoms with Crippen LogP contribution in [0.2, 0.25) is 0 Å². The summed E-state index contributed by atoms with van der Waals surface area (Å²) in [6.45, 7) is 0.306. The number of benzene rings is 1.